The lowest BCUT2D eigenvalue weighted by molar-refractivity contribution is 0.303. The number of hydrogen-bond donors (Lipinski definition) is 0. The Bertz CT molecular complexity index is 1040. The first kappa shape index (κ1) is 16.9. The first-order chi connectivity index (χ1) is 12.5. The van der Waals surface area contributed by atoms with Gasteiger partial charge in [-0.05, 0) is 75.3 Å². The Morgan fingerprint density at radius 1 is 1.00 bits per heavy atom. The summed E-state index contributed by atoms with van der Waals surface area (Å²) in [5, 5.41) is 1.07. The van der Waals surface area contributed by atoms with E-state index in [1.54, 1.807) is 0 Å². The molecule has 3 aromatic rings. The molecule has 0 atom stereocenters. The van der Waals surface area contributed by atoms with Crippen LogP contribution in [0.2, 0.25) is 0 Å². The van der Waals surface area contributed by atoms with Crippen molar-refractivity contribution in [3.63, 3.8) is 0 Å². The monoisotopic (exact) mass is 348 g/mol. The highest BCUT2D eigenvalue weighted by Crippen LogP contribution is 2.33. The second-order valence-electron chi connectivity index (χ2n) is 7.34. The van der Waals surface area contributed by atoms with Gasteiger partial charge in [0, 0.05) is 16.5 Å². The van der Waals surface area contributed by atoms with Crippen molar-refractivity contribution in [1.82, 2.24) is 0 Å². The Hall–Kier alpha value is -2.55. The Labute approximate surface area is 153 Å². The molecule has 26 heavy (non-hydrogen) atoms. The van der Waals surface area contributed by atoms with Crippen LogP contribution >= 0.6 is 0 Å². The molecule has 0 radical (unpaired) electrons. The van der Waals surface area contributed by atoms with Gasteiger partial charge in [0.15, 0.2) is 0 Å². The Balaban J connectivity index is 1.72. The number of aryl methyl sites for hydroxylation is 4. The van der Waals surface area contributed by atoms with Gasteiger partial charge >= 0.3 is 5.63 Å². The van der Waals surface area contributed by atoms with Gasteiger partial charge in [0.1, 0.15) is 17.9 Å². The third kappa shape index (κ3) is 2.92. The van der Waals surface area contributed by atoms with Gasteiger partial charge in [-0.25, -0.2) is 4.79 Å². The Kier molecular flexibility index (Phi) is 4.31. The minimum atomic E-state index is -0.179. The van der Waals surface area contributed by atoms with E-state index in [4.69, 9.17) is 9.15 Å². The molecule has 0 N–H and O–H groups in total. The summed E-state index contributed by atoms with van der Waals surface area (Å²) in [5.74, 6) is 0.775. The van der Waals surface area contributed by atoms with Gasteiger partial charge in [-0.15, -0.1) is 0 Å². The number of fused-ring (bicyclic) bond motifs is 3. The van der Waals surface area contributed by atoms with Crippen LogP contribution in [0, 0.1) is 20.8 Å². The van der Waals surface area contributed by atoms with E-state index in [2.05, 4.69) is 32.0 Å². The molecule has 2 aromatic carbocycles. The van der Waals surface area contributed by atoms with Crippen molar-refractivity contribution in [3.8, 4) is 5.75 Å². The van der Waals surface area contributed by atoms with Gasteiger partial charge in [-0.1, -0.05) is 23.8 Å². The van der Waals surface area contributed by atoms with E-state index >= 15 is 0 Å². The summed E-state index contributed by atoms with van der Waals surface area (Å²) in [4.78, 5) is 12.4. The fourth-order valence-electron chi connectivity index (χ4n) is 3.89. The molecule has 0 unspecified atom stereocenters. The second kappa shape index (κ2) is 6.64. The summed E-state index contributed by atoms with van der Waals surface area (Å²) < 4.78 is 11.8. The highest BCUT2D eigenvalue weighted by atomic mass is 16.5. The molecule has 0 bridgehead atoms. The molecule has 3 heteroatoms. The normalized spacial score (nSPS) is 13.7. The molecule has 1 aromatic heterocycles. The SMILES string of the molecule is Cc1ccc(C)c(COc2ccc3c4c(c(=O)oc3c2C)CCCC4)c1. The molecule has 0 saturated heterocycles. The van der Waals surface area contributed by atoms with Gasteiger partial charge in [0.25, 0.3) is 0 Å². The third-order valence-corrected chi connectivity index (χ3v) is 5.48. The summed E-state index contributed by atoms with van der Waals surface area (Å²) in [7, 11) is 0. The predicted molar refractivity (Wildman–Crippen MR) is 104 cm³/mol. The number of rotatable bonds is 3. The van der Waals surface area contributed by atoms with Crippen molar-refractivity contribution in [2.24, 2.45) is 0 Å². The van der Waals surface area contributed by atoms with E-state index in [-0.39, 0.29) is 5.63 Å². The molecule has 0 fully saturated rings. The van der Waals surface area contributed by atoms with Crippen LogP contribution in [0.15, 0.2) is 39.5 Å². The molecule has 0 aliphatic heterocycles. The maximum atomic E-state index is 12.4. The molecule has 4 rings (SSSR count). The van der Waals surface area contributed by atoms with Crippen molar-refractivity contribution in [1.29, 1.82) is 0 Å². The first-order valence-electron chi connectivity index (χ1n) is 9.31. The van der Waals surface area contributed by atoms with Gasteiger partial charge < -0.3 is 9.15 Å². The fourth-order valence-corrected chi connectivity index (χ4v) is 3.89. The lowest BCUT2D eigenvalue weighted by atomic mass is 9.90. The second-order valence-corrected chi connectivity index (χ2v) is 7.34. The minimum absolute atomic E-state index is 0.179. The Morgan fingerprint density at radius 2 is 1.77 bits per heavy atom. The zero-order valence-corrected chi connectivity index (χ0v) is 15.6. The van der Waals surface area contributed by atoms with Crippen LogP contribution in [0.1, 0.15) is 46.2 Å². The topological polar surface area (TPSA) is 39.4 Å². The van der Waals surface area contributed by atoms with E-state index in [1.807, 2.05) is 19.1 Å². The first-order valence-corrected chi connectivity index (χ1v) is 9.31. The van der Waals surface area contributed by atoms with E-state index in [0.29, 0.717) is 12.2 Å². The molecule has 134 valence electrons. The maximum Gasteiger partial charge on any atom is 0.339 e. The van der Waals surface area contributed by atoms with E-state index < -0.39 is 0 Å². The van der Waals surface area contributed by atoms with Crippen LogP contribution in [0.5, 0.6) is 5.75 Å². The zero-order valence-electron chi connectivity index (χ0n) is 15.6. The van der Waals surface area contributed by atoms with Gasteiger partial charge in [0.2, 0.25) is 0 Å². The van der Waals surface area contributed by atoms with Crippen molar-refractivity contribution in [3.05, 3.63) is 74.1 Å². The smallest absolute Gasteiger partial charge is 0.339 e. The molecule has 1 aliphatic rings. The van der Waals surface area contributed by atoms with E-state index in [0.717, 1.165) is 47.9 Å². The summed E-state index contributed by atoms with van der Waals surface area (Å²) in [6.07, 6.45) is 3.99. The number of benzene rings is 2. The average Bonchev–Trinajstić information content (AvgIpc) is 2.64. The number of hydrogen-bond acceptors (Lipinski definition) is 3. The highest BCUT2D eigenvalue weighted by molar-refractivity contribution is 5.86. The van der Waals surface area contributed by atoms with Crippen LogP contribution in [-0.4, -0.2) is 0 Å². The lowest BCUT2D eigenvalue weighted by Gasteiger charge is -2.18. The van der Waals surface area contributed by atoms with Crippen LogP contribution in [0.3, 0.4) is 0 Å². The largest absolute Gasteiger partial charge is 0.488 e. The van der Waals surface area contributed by atoms with Crippen molar-refractivity contribution >= 4 is 11.0 Å². The quantitative estimate of drug-likeness (QED) is 0.613. The fraction of sp³-hybridized carbons (Fsp3) is 0.348. The molecular formula is C23H24O3. The lowest BCUT2D eigenvalue weighted by Crippen LogP contribution is -2.16. The third-order valence-electron chi connectivity index (χ3n) is 5.48. The summed E-state index contributed by atoms with van der Waals surface area (Å²) >= 11 is 0. The molecule has 0 saturated carbocycles. The van der Waals surface area contributed by atoms with Gasteiger partial charge in [-0.2, -0.15) is 0 Å². The standard InChI is InChI=1S/C23H24O3/c1-14-8-9-15(2)17(12-14)13-25-21-11-10-19-18-6-4-5-7-20(18)23(24)26-22(19)16(21)3/h8-12H,4-7,13H2,1-3H3. The van der Waals surface area contributed by atoms with Crippen molar-refractivity contribution in [2.75, 3.05) is 0 Å². The molecule has 1 heterocycles. The minimum Gasteiger partial charge on any atom is -0.488 e. The van der Waals surface area contributed by atoms with Crippen LogP contribution < -0.4 is 10.4 Å². The summed E-state index contributed by atoms with van der Waals surface area (Å²) in [5.41, 5.74) is 7.06. The molecule has 0 spiro atoms. The van der Waals surface area contributed by atoms with E-state index in [1.165, 1.54) is 22.3 Å². The van der Waals surface area contributed by atoms with Gasteiger partial charge in [0.05, 0.1) is 0 Å². The molecule has 3 nitrogen and oxygen atoms in total. The van der Waals surface area contributed by atoms with Crippen LogP contribution in [-0.2, 0) is 19.4 Å². The Morgan fingerprint density at radius 3 is 2.58 bits per heavy atom. The molecular weight excluding hydrogens is 324 g/mol. The molecule has 1 aliphatic carbocycles. The summed E-state index contributed by atoms with van der Waals surface area (Å²) in [6.45, 7) is 6.66. The molecule has 0 amide bonds. The van der Waals surface area contributed by atoms with Crippen LogP contribution in [0.25, 0.3) is 11.0 Å². The van der Waals surface area contributed by atoms with E-state index in [9.17, 15) is 4.79 Å². The highest BCUT2D eigenvalue weighted by Gasteiger charge is 2.20. The average molecular weight is 348 g/mol. The summed E-state index contributed by atoms with van der Waals surface area (Å²) in [6, 6.07) is 10.4. The van der Waals surface area contributed by atoms with Gasteiger partial charge in [-0.3, -0.25) is 0 Å². The predicted octanol–water partition coefficient (Wildman–Crippen LogP) is 5.18. The zero-order chi connectivity index (χ0) is 18.3. The number of ether oxygens (including phenoxy) is 1. The van der Waals surface area contributed by atoms with Crippen LogP contribution in [0.4, 0.5) is 0 Å². The van der Waals surface area contributed by atoms with Crippen molar-refractivity contribution < 1.29 is 9.15 Å². The van der Waals surface area contributed by atoms with Crippen molar-refractivity contribution in [2.45, 2.75) is 53.1 Å². The maximum absolute atomic E-state index is 12.4.